The van der Waals surface area contributed by atoms with Crippen molar-refractivity contribution >= 4 is 34.2 Å². The van der Waals surface area contributed by atoms with E-state index in [1.807, 2.05) is 0 Å². The normalized spacial score (nSPS) is 9.08. The molecule has 0 bridgehead atoms. The second kappa shape index (κ2) is 5.95. The summed E-state index contributed by atoms with van der Waals surface area (Å²) in [6.45, 7) is 0.275. The minimum atomic E-state index is -0.131. The highest BCUT2D eigenvalue weighted by Gasteiger charge is 1.99. The first kappa shape index (κ1) is 12.4. The topological polar surface area (TPSA) is 59.0 Å². The van der Waals surface area contributed by atoms with Gasteiger partial charge in [0.1, 0.15) is 0 Å². The number of nitrogens with zero attached hydrogens (tertiary/aromatic N) is 2. The number of halogens is 2. The number of aromatic nitrogens is 2. The number of hydrogen-bond donors (Lipinski definition) is 2. The average Bonchev–Trinajstić information content (AvgIpc) is 2.36. The summed E-state index contributed by atoms with van der Waals surface area (Å²) >= 11 is 3.21. The highest BCUT2D eigenvalue weighted by molar-refractivity contribution is 9.10. The van der Waals surface area contributed by atoms with Crippen LogP contribution in [0.2, 0.25) is 0 Å². The highest BCUT2D eigenvalue weighted by atomic mass is 79.9. The summed E-state index contributed by atoms with van der Waals surface area (Å²) in [4.78, 5) is 12.3. The van der Waals surface area contributed by atoms with Crippen LogP contribution in [-0.4, -0.2) is 29.4 Å². The van der Waals surface area contributed by atoms with Crippen molar-refractivity contribution in [3.05, 3.63) is 16.9 Å². The molecule has 0 atom stereocenters. The molecule has 5 nitrogen and oxygen atoms in total. The van der Waals surface area contributed by atoms with E-state index >= 15 is 0 Å². The molecular weight excluding hydrogens is 259 g/mol. The largest absolute Gasteiger partial charge is 0.311 e. The van der Waals surface area contributed by atoms with Crippen LogP contribution in [0, 0.1) is 0 Å². The lowest BCUT2D eigenvalue weighted by Gasteiger charge is -2.02. The number of likely N-dealkylation sites (N-methyl/N-ethyl adjacent to an activating group) is 1. The minimum Gasteiger partial charge on any atom is -0.311 e. The Balaban J connectivity index is 0.00000144. The summed E-state index contributed by atoms with van der Waals surface area (Å²) in [5, 5.41) is 6.58. The van der Waals surface area contributed by atoms with Gasteiger partial charge in [0, 0.05) is 0 Å². The van der Waals surface area contributed by atoms with Gasteiger partial charge in [-0.25, -0.2) is 5.43 Å². The maximum atomic E-state index is 11.0. The Morgan fingerprint density at radius 2 is 2.46 bits per heavy atom. The van der Waals surface area contributed by atoms with E-state index in [-0.39, 0.29) is 24.9 Å². The highest BCUT2D eigenvalue weighted by Crippen LogP contribution is 2.04. The number of hydrogen-bond acceptors (Lipinski definition) is 3. The van der Waals surface area contributed by atoms with E-state index in [0.29, 0.717) is 0 Å². The average molecular weight is 270 g/mol. The van der Waals surface area contributed by atoms with E-state index in [2.05, 4.69) is 31.8 Å². The van der Waals surface area contributed by atoms with Crippen molar-refractivity contribution < 1.29 is 4.79 Å². The van der Waals surface area contributed by atoms with Gasteiger partial charge < -0.3 is 5.32 Å². The first-order chi connectivity index (χ1) is 5.72. The molecule has 0 aliphatic rings. The Morgan fingerprint density at radius 3 is 2.92 bits per heavy atom. The van der Waals surface area contributed by atoms with Crippen LogP contribution in [0.15, 0.2) is 16.9 Å². The van der Waals surface area contributed by atoms with Gasteiger partial charge in [0.2, 0.25) is 0 Å². The van der Waals surface area contributed by atoms with E-state index in [1.54, 1.807) is 19.4 Å². The van der Waals surface area contributed by atoms with Gasteiger partial charge in [-0.3, -0.25) is 4.79 Å². The van der Waals surface area contributed by atoms with E-state index in [9.17, 15) is 4.79 Å². The van der Waals surface area contributed by atoms with Crippen LogP contribution in [0.25, 0.3) is 0 Å². The summed E-state index contributed by atoms with van der Waals surface area (Å²) in [7, 11) is 1.71. The maximum absolute atomic E-state index is 11.0. The summed E-state index contributed by atoms with van der Waals surface area (Å²) < 4.78 is 0.826. The molecule has 1 aromatic rings. The van der Waals surface area contributed by atoms with Gasteiger partial charge >= 0.3 is 0 Å². The van der Waals surface area contributed by atoms with Crippen LogP contribution < -0.4 is 10.7 Å². The molecule has 74 valence electrons. The SMILES string of the molecule is CNCC(=O)Nn1cc(Br)cn1.Cl. The predicted octanol–water partition coefficient (Wildman–Crippen LogP) is 0.357. The van der Waals surface area contributed by atoms with Crippen LogP contribution >= 0.6 is 28.3 Å². The molecule has 0 aliphatic heterocycles. The lowest BCUT2D eigenvalue weighted by atomic mass is 10.6. The molecule has 7 heteroatoms. The van der Waals surface area contributed by atoms with Crippen LogP contribution in [0.4, 0.5) is 0 Å². The van der Waals surface area contributed by atoms with E-state index in [4.69, 9.17) is 0 Å². The molecule has 1 aromatic heterocycles. The van der Waals surface area contributed by atoms with Crippen molar-refractivity contribution in [2.24, 2.45) is 0 Å². The summed E-state index contributed by atoms with van der Waals surface area (Å²) in [6.07, 6.45) is 3.26. The minimum absolute atomic E-state index is 0. The van der Waals surface area contributed by atoms with Crippen molar-refractivity contribution in [2.75, 3.05) is 19.0 Å². The monoisotopic (exact) mass is 268 g/mol. The third-order valence-corrected chi connectivity index (χ3v) is 1.54. The number of carbonyl (C=O) groups is 1. The van der Waals surface area contributed by atoms with E-state index < -0.39 is 0 Å². The third-order valence-electron chi connectivity index (χ3n) is 1.13. The van der Waals surface area contributed by atoms with Gasteiger partial charge in [-0.2, -0.15) is 9.89 Å². The molecule has 0 spiro atoms. The van der Waals surface area contributed by atoms with E-state index in [0.717, 1.165) is 4.47 Å². The Bertz CT molecular complexity index is 277. The lowest BCUT2D eigenvalue weighted by molar-refractivity contribution is -0.116. The van der Waals surface area contributed by atoms with Gasteiger partial charge in [-0.05, 0) is 23.0 Å². The van der Waals surface area contributed by atoms with Gasteiger partial charge in [-0.1, -0.05) is 0 Å². The Kier molecular flexibility index (Phi) is 5.68. The van der Waals surface area contributed by atoms with E-state index in [1.165, 1.54) is 4.79 Å². The van der Waals surface area contributed by atoms with Gasteiger partial charge in [0.25, 0.3) is 5.91 Å². The molecule has 13 heavy (non-hydrogen) atoms. The summed E-state index contributed by atoms with van der Waals surface area (Å²) in [6, 6.07) is 0. The van der Waals surface area contributed by atoms with Gasteiger partial charge in [0.15, 0.2) is 0 Å². The van der Waals surface area contributed by atoms with Crippen LogP contribution in [-0.2, 0) is 4.79 Å². The van der Waals surface area contributed by atoms with Crippen molar-refractivity contribution in [3.63, 3.8) is 0 Å². The number of amides is 1. The summed E-state index contributed by atoms with van der Waals surface area (Å²) in [5.41, 5.74) is 2.54. The molecule has 0 saturated heterocycles. The molecule has 0 fully saturated rings. The lowest BCUT2D eigenvalue weighted by Crippen LogP contribution is -2.31. The fraction of sp³-hybridized carbons (Fsp3) is 0.333. The number of carbonyl (C=O) groups excluding carboxylic acids is 1. The van der Waals surface area contributed by atoms with Crippen LogP contribution in [0.3, 0.4) is 0 Å². The molecule has 1 rings (SSSR count). The number of rotatable bonds is 3. The van der Waals surface area contributed by atoms with Crippen molar-refractivity contribution in [1.82, 2.24) is 15.2 Å². The van der Waals surface area contributed by atoms with Crippen molar-refractivity contribution in [2.45, 2.75) is 0 Å². The molecule has 0 radical (unpaired) electrons. The second-order valence-electron chi connectivity index (χ2n) is 2.17. The fourth-order valence-electron chi connectivity index (χ4n) is 0.690. The van der Waals surface area contributed by atoms with Crippen molar-refractivity contribution in [3.8, 4) is 0 Å². The molecule has 0 aromatic carbocycles. The zero-order valence-corrected chi connectivity index (χ0v) is 9.35. The molecule has 1 heterocycles. The first-order valence-electron chi connectivity index (χ1n) is 3.37. The van der Waals surface area contributed by atoms with Gasteiger partial charge in [-0.15, -0.1) is 12.4 Å². The van der Waals surface area contributed by atoms with Crippen molar-refractivity contribution in [1.29, 1.82) is 0 Å². The maximum Gasteiger partial charge on any atom is 0.253 e. The Hall–Kier alpha value is -0.590. The quantitative estimate of drug-likeness (QED) is 0.833. The Labute approximate surface area is 90.4 Å². The standard InChI is InChI=1S/C6H9BrN4O.ClH/c1-8-3-6(12)10-11-4-5(7)2-9-11;/h2,4,8H,3H2,1H3,(H,10,12);1H. The smallest absolute Gasteiger partial charge is 0.253 e. The third kappa shape index (κ3) is 4.25. The molecule has 2 N–H and O–H groups in total. The molecule has 0 saturated carbocycles. The Morgan fingerprint density at radius 1 is 1.77 bits per heavy atom. The molecule has 0 aliphatic carbocycles. The predicted molar refractivity (Wildman–Crippen MR) is 55.5 cm³/mol. The molecule has 0 unspecified atom stereocenters. The van der Waals surface area contributed by atoms with Crippen LogP contribution in [0.1, 0.15) is 0 Å². The summed E-state index contributed by atoms with van der Waals surface area (Å²) in [5.74, 6) is -0.131. The fourth-order valence-corrected chi connectivity index (χ4v) is 0.975. The zero-order valence-electron chi connectivity index (χ0n) is 6.95. The molecular formula is C6H10BrClN4O. The van der Waals surface area contributed by atoms with Crippen LogP contribution in [0.5, 0.6) is 0 Å². The second-order valence-corrected chi connectivity index (χ2v) is 3.08. The zero-order chi connectivity index (χ0) is 8.97. The molecule has 1 amide bonds. The van der Waals surface area contributed by atoms with Gasteiger partial charge in [0.05, 0.1) is 23.4 Å². The first-order valence-corrected chi connectivity index (χ1v) is 4.16. The number of nitrogens with one attached hydrogen (secondary N) is 2.